The lowest BCUT2D eigenvalue weighted by Gasteiger charge is -2.17. The van der Waals surface area contributed by atoms with E-state index in [0.717, 1.165) is 35.8 Å². The number of hydrogen-bond acceptors (Lipinski definition) is 5. The molecule has 30 heavy (non-hydrogen) atoms. The van der Waals surface area contributed by atoms with Gasteiger partial charge in [-0.25, -0.2) is 4.79 Å². The van der Waals surface area contributed by atoms with E-state index in [-0.39, 0.29) is 12.5 Å². The minimum atomic E-state index is -0.793. The van der Waals surface area contributed by atoms with Gasteiger partial charge in [-0.3, -0.25) is 4.79 Å². The maximum absolute atomic E-state index is 12.4. The standard InChI is InChI=1S/C24H27NO5/c1-3-4-8-18-13-23(27)30-22-14-19(11-12-20(18)22)29-16(2)24(28)25-15-21(26)17-9-6-5-7-10-17/h5-7,9-14,16,21,26H,3-4,8,15H2,1-2H3,(H,25,28)/t16-,21+/m1/s1. The zero-order valence-corrected chi connectivity index (χ0v) is 17.3. The van der Waals surface area contributed by atoms with E-state index in [1.807, 2.05) is 24.3 Å². The molecule has 2 aromatic carbocycles. The number of ether oxygens (including phenoxy) is 1. The molecule has 2 atom stereocenters. The summed E-state index contributed by atoms with van der Waals surface area (Å²) in [5.41, 5.74) is 1.73. The Balaban J connectivity index is 1.64. The van der Waals surface area contributed by atoms with Crippen molar-refractivity contribution in [2.75, 3.05) is 6.54 Å². The highest BCUT2D eigenvalue weighted by atomic mass is 16.5. The van der Waals surface area contributed by atoms with Gasteiger partial charge in [0.05, 0.1) is 6.10 Å². The minimum Gasteiger partial charge on any atom is -0.481 e. The number of aryl methyl sites for hydroxylation is 1. The van der Waals surface area contributed by atoms with Crippen LogP contribution >= 0.6 is 0 Å². The maximum Gasteiger partial charge on any atom is 0.336 e. The molecule has 6 nitrogen and oxygen atoms in total. The molecule has 1 aromatic heterocycles. The molecule has 1 amide bonds. The van der Waals surface area contributed by atoms with Crippen molar-refractivity contribution >= 4 is 16.9 Å². The first-order valence-corrected chi connectivity index (χ1v) is 10.2. The summed E-state index contributed by atoms with van der Waals surface area (Å²) in [7, 11) is 0. The van der Waals surface area contributed by atoms with Gasteiger partial charge in [0, 0.05) is 24.1 Å². The minimum absolute atomic E-state index is 0.0872. The zero-order valence-electron chi connectivity index (χ0n) is 17.3. The molecule has 0 spiro atoms. The molecule has 3 rings (SSSR count). The summed E-state index contributed by atoms with van der Waals surface area (Å²) in [5.74, 6) is 0.0905. The Morgan fingerprint density at radius 3 is 2.67 bits per heavy atom. The second kappa shape index (κ2) is 10.1. The largest absolute Gasteiger partial charge is 0.481 e. The molecule has 0 radical (unpaired) electrons. The second-order valence-corrected chi connectivity index (χ2v) is 7.28. The van der Waals surface area contributed by atoms with E-state index in [1.54, 1.807) is 31.2 Å². The molecule has 0 unspecified atom stereocenters. The molecule has 3 aromatic rings. The molecule has 6 heteroatoms. The van der Waals surface area contributed by atoms with Gasteiger partial charge in [0.1, 0.15) is 11.3 Å². The van der Waals surface area contributed by atoms with Crippen molar-refractivity contribution < 1.29 is 19.1 Å². The number of hydrogen-bond donors (Lipinski definition) is 2. The van der Waals surface area contributed by atoms with Crippen molar-refractivity contribution in [1.29, 1.82) is 0 Å². The molecule has 2 N–H and O–H groups in total. The van der Waals surface area contributed by atoms with Crippen LogP contribution in [0.15, 0.2) is 63.8 Å². The number of unbranched alkanes of at least 4 members (excludes halogenated alkanes) is 1. The molecule has 0 saturated heterocycles. The van der Waals surface area contributed by atoms with Crippen molar-refractivity contribution in [2.45, 2.75) is 45.3 Å². The van der Waals surface area contributed by atoms with Gasteiger partial charge in [0.25, 0.3) is 5.91 Å². The lowest BCUT2D eigenvalue weighted by atomic mass is 10.0. The van der Waals surface area contributed by atoms with Gasteiger partial charge in [0.15, 0.2) is 6.10 Å². The Morgan fingerprint density at radius 2 is 1.93 bits per heavy atom. The van der Waals surface area contributed by atoms with E-state index in [9.17, 15) is 14.7 Å². The van der Waals surface area contributed by atoms with Gasteiger partial charge >= 0.3 is 5.63 Å². The van der Waals surface area contributed by atoms with Crippen LogP contribution in [-0.2, 0) is 11.2 Å². The third-order valence-electron chi connectivity index (χ3n) is 4.94. The van der Waals surface area contributed by atoms with Gasteiger partial charge in [-0.15, -0.1) is 0 Å². The van der Waals surface area contributed by atoms with Crippen molar-refractivity contribution in [1.82, 2.24) is 5.32 Å². The summed E-state index contributed by atoms with van der Waals surface area (Å²) in [6.45, 7) is 3.82. The number of aliphatic hydroxyl groups excluding tert-OH is 1. The molecule has 0 saturated carbocycles. The predicted octanol–water partition coefficient (Wildman–Crippen LogP) is 3.75. The molecule has 0 aliphatic carbocycles. The summed E-state index contributed by atoms with van der Waals surface area (Å²) in [6.07, 6.45) is 1.26. The SMILES string of the molecule is CCCCc1cc(=O)oc2cc(O[C@H](C)C(=O)NC[C@H](O)c3ccccc3)ccc12. The van der Waals surface area contributed by atoms with Crippen LogP contribution in [0.4, 0.5) is 0 Å². The van der Waals surface area contributed by atoms with Crippen LogP contribution in [0.2, 0.25) is 0 Å². The van der Waals surface area contributed by atoms with E-state index >= 15 is 0 Å². The first-order valence-electron chi connectivity index (χ1n) is 10.2. The molecule has 0 bridgehead atoms. The van der Waals surface area contributed by atoms with Gasteiger partial charge in [-0.1, -0.05) is 43.7 Å². The molecule has 0 aliphatic heterocycles. The van der Waals surface area contributed by atoms with Crippen molar-refractivity contribution in [2.24, 2.45) is 0 Å². The summed E-state index contributed by atoms with van der Waals surface area (Å²) in [4.78, 5) is 24.2. The fraction of sp³-hybridized carbons (Fsp3) is 0.333. The monoisotopic (exact) mass is 409 g/mol. The number of nitrogens with one attached hydrogen (secondary N) is 1. The normalized spacial score (nSPS) is 13.0. The highest BCUT2D eigenvalue weighted by molar-refractivity contribution is 5.83. The van der Waals surface area contributed by atoms with Crippen molar-refractivity contribution in [3.05, 3.63) is 76.1 Å². The molecule has 1 heterocycles. The predicted molar refractivity (Wildman–Crippen MR) is 116 cm³/mol. The Bertz CT molecular complexity index is 1040. The van der Waals surface area contributed by atoms with Crippen LogP contribution in [0.3, 0.4) is 0 Å². The van der Waals surface area contributed by atoms with Gasteiger partial charge in [-0.2, -0.15) is 0 Å². The lowest BCUT2D eigenvalue weighted by molar-refractivity contribution is -0.127. The summed E-state index contributed by atoms with van der Waals surface area (Å²) in [6, 6.07) is 15.9. The first kappa shape index (κ1) is 21.6. The van der Waals surface area contributed by atoms with E-state index in [2.05, 4.69) is 12.2 Å². The number of fused-ring (bicyclic) bond motifs is 1. The average molecular weight is 409 g/mol. The molecule has 0 fully saturated rings. The van der Waals surface area contributed by atoms with Crippen molar-refractivity contribution in [3.63, 3.8) is 0 Å². The molecule has 158 valence electrons. The quantitative estimate of drug-likeness (QED) is 0.526. The smallest absolute Gasteiger partial charge is 0.336 e. The molecular formula is C24H27NO5. The number of carbonyl (C=O) groups excluding carboxylic acids is 1. The third-order valence-corrected chi connectivity index (χ3v) is 4.94. The highest BCUT2D eigenvalue weighted by Crippen LogP contribution is 2.24. The lowest BCUT2D eigenvalue weighted by Crippen LogP contribution is -2.38. The van der Waals surface area contributed by atoms with Crippen LogP contribution in [0, 0.1) is 0 Å². The zero-order chi connectivity index (χ0) is 21.5. The van der Waals surface area contributed by atoms with Crippen LogP contribution in [0.25, 0.3) is 11.0 Å². The maximum atomic E-state index is 12.4. The van der Waals surface area contributed by atoms with E-state index in [0.29, 0.717) is 11.3 Å². The Morgan fingerprint density at radius 1 is 1.17 bits per heavy atom. The fourth-order valence-electron chi connectivity index (χ4n) is 3.25. The molecule has 0 aliphatic rings. The van der Waals surface area contributed by atoms with Crippen LogP contribution in [-0.4, -0.2) is 23.7 Å². The summed E-state index contributed by atoms with van der Waals surface area (Å²) < 4.78 is 11.1. The van der Waals surface area contributed by atoms with Gasteiger partial charge in [-0.05, 0) is 43.0 Å². The summed E-state index contributed by atoms with van der Waals surface area (Å²) >= 11 is 0. The fourth-order valence-corrected chi connectivity index (χ4v) is 3.25. The van der Waals surface area contributed by atoms with Gasteiger partial charge in [0.2, 0.25) is 0 Å². The highest BCUT2D eigenvalue weighted by Gasteiger charge is 2.17. The van der Waals surface area contributed by atoms with Crippen LogP contribution < -0.4 is 15.7 Å². The average Bonchev–Trinajstić information content (AvgIpc) is 2.75. The topological polar surface area (TPSA) is 88.8 Å². The Labute approximate surface area is 175 Å². The number of carbonyl (C=O) groups is 1. The van der Waals surface area contributed by atoms with E-state index in [4.69, 9.17) is 9.15 Å². The van der Waals surface area contributed by atoms with Crippen molar-refractivity contribution in [3.8, 4) is 5.75 Å². The Kier molecular flexibility index (Phi) is 7.25. The number of benzene rings is 2. The van der Waals surface area contributed by atoms with Crippen LogP contribution in [0.1, 0.15) is 43.9 Å². The summed E-state index contributed by atoms with van der Waals surface area (Å²) in [5, 5.41) is 13.7. The van der Waals surface area contributed by atoms with Gasteiger partial charge < -0.3 is 19.6 Å². The van der Waals surface area contributed by atoms with E-state index in [1.165, 1.54) is 6.07 Å². The number of rotatable bonds is 9. The van der Waals surface area contributed by atoms with Crippen LogP contribution in [0.5, 0.6) is 5.75 Å². The Hall–Kier alpha value is -3.12. The first-order chi connectivity index (χ1) is 14.5. The number of amides is 1. The second-order valence-electron chi connectivity index (χ2n) is 7.28. The number of aliphatic hydroxyl groups is 1. The van der Waals surface area contributed by atoms with E-state index < -0.39 is 17.8 Å². The molecular weight excluding hydrogens is 382 g/mol. The third kappa shape index (κ3) is 5.48.